The lowest BCUT2D eigenvalue weighted by atomic mass is 9.79. The monoisotopic (exact) mass is 217 g/mol. The standard InChI is InChI=1S/C11H9BFNO2/c13-10-5-4-8(12(15)16)7-9(10)11-3-1-2-6-14-11/h1-7,15-16H. The second-order valence-corrected chi connectivity index (χ2v) is 3.33. The minimum absolute atomic E-state index is 0.238. The fraction of sp³-hybridized carbons (Fsp3) is 0. The van der Waals surface area contributed by atoms with Crippen LogP contribution in [-0.4, -0.2) is 22.2 Å². The molecule has 0 bridgehead atoms. The molecule has 80 valence electrons. The van der Waals surface area contributed by atoms with Crippen LogP contribution in [0.25, 0.3) is 11.3 Å². The number of hydrogen-bond donors (Lipinski definition) is 2. The highest BCUT2D eigenvalue weighted by Crippen LogP contribution is 2.18. The van der Waals surface area contributed by atoms with Gasteiger partial charge in [-0.25, -0.2) is 4.39 Å². The fourth-order valence-corrected chi connectivity index (χ4v) is 1.42. The van der Waals surface area contributed by atoms with Crippen molar-refractivity contribution in [3.05, 3.63) is 48.4 Å². The molecule has 0 saturated heterocycles. The summed E-state index contributed by atoms with van der Waals surface area (Å²) in [6.07, 6.45) is 1.55. The number of nitrogens with zero attached hydrogens (tertiary/aromatic N) is 1. The van der Waals surface area contributed by atoms with Crippen molar-refractivity contribution in [2.45, 2.75) is 0 Å². The predicted octanol–water partition coefficient (Wildman–Crippen LogP) is 0.567. The summed E-state index contributed by atoms with van der Waals surface area (Å²) in [6.45, 7) is 0. The molecule has 0 fully saturated rings. The van der Waals surface area contributed by atoms with E-state index in [-0.39, 0.29) is 11.0 Å². The van der Waals surface area contributed by atoms with Crippen LogP contribution in [0.5, 0.6) is 0 Å². The van der Waals surface area contributed by atoms with Gasteiger partial charge in [-0.2, -0.15) is 0 Å². The van der Waals surface area contributed by atoms with Crippen molar-refractivity contribution >= 4 is 12.6 Å². The van der Waals surface area contributed by atoms with Crippen LogP contribution in [0.3, 0.4) is 0 Å². The molecular formula is C11H9BFNO2. The zero-order valence-corrected chi connectivity index (χ0v) is 8.34. The predicted molar refractivity (Wildman–Crippen MR) is 59.5 cm³/mol. The fourth-order valence-electron chi connectivity index (χ4n) is 1.42. The van der Waals surface area contributed by atoms with Crippen LogP contribution in [0, 0.1) is 5.82 Å². The summed E-state index contributed by atoms with van der Waals surface area (Å²) in [6, 6.07) is 9.02. The van der Waals surface area contributed by atoms with Crippen molar-refractivity contribution in [1.82, 2.24) is 4.98 Å². The van der Waals surface area contributed by atoms with Gasteiger partial charge in [0.25, 0.3) is 0 Å². The molecule has 2 aromatic rings. The van der Waals surface area contributed by atoms with Gasteiger partial charge < -0.3 is 10.0 Å². The molecule has 3 nitrogen and oxygen atoms in total. The van der Waals surface area contributed by atoms with Gasteiger partial charge in [-0.15, -0.1) is 0 Å². The van der Waals surface area contributed by atoms with Gasteiger partial charge in [-0.1, -0.05) is 18.2 Å². The Kier molecular flexibility index (Phi) is 2.98. The lowest BCUT2D eigenvalue weighted by Gasteiger charge is -2.05. The van der Waals surface area contributed by atoms with E-state index in [1.54, 1.807) is 24.4 Å². The average Bonchev–Trinajstić information content (AvgIpc) is 2.30. The number of pyridine rings is 1. The summed E-state index contributed by atoms with van der Waals surface area (Å²) in [4.78, 5) is 4.01. The first-order valence-corrected chi connectivity index (χ1v) is 4.75. The molecular weight excluding hydrogens is 208 g/mol. The molecule has 0 unspecified atom stereocenters. The van der Waals surface area contributed by atoms with Crippen molar-refractivity contribution < 1.29 is 14.4 Å². The molecule has 1 aromatic carbocycles. The maximum atomic E-state index is 13.5. The molecule has 16 heavy (non-hydrogen) atoms. The van der Waals surface area contributed by atoms with Crippen molar-refractivity contribution in [3.8, 4) is 11.3 Å². The van der Waals surface area contributed by atoms with Gasteiger partial charge >= 0.3 is 7.12 Å². The maximum Gasteiger partial charge on any atom is 0.488 e. The molecule has 0 atom stereocenters. The highest BCUT2D eigenvalue weighted by atomic mass is 19.1. The van der Waals surface area contributed by atoms with Crippen molar-refractivity contribution in [3.63, 3.8) is 0 Å². The lowest BCUT2D eigenvalue weighted by molar-refractivity contribution is 0.425. The Labute approximate surface area is 92.4 Å². The van der Waals surface area contributed by atoms with Gasteiger partial charge in [-0.3, -0.25) is 4.98 Å². The van der Waals surface area contributed by atoms with Crippen LogP contribution < -0.4 is 5.46 Å². The van der Waals surface area contributed by atoms with Gasteiger partial charge in [0, 0.05) is 11.8 Å². The first-order valence-electron chi connectivity index (χ1n) is 4.75. The van der Waals surface area contributed by atoms with Gasteiger partial charge in [0.05, 0.1) is 5.69 Å². The summed E-state index contributed by atoms with van der Waals surface area (Å²) < 4.78 is 13.5. The molecule has 2 N–H and O–H groups in total. The summed E-state index contributed by atoms with van der Waals surface area (Å²) in [5, 5.41) is 18.0. The Bertz CT molecular complexity index is 491. The Hall–Kier alpha value is -1.72. The van der Waals surface area contributed by atoms with Crippen LogP contribution in [0.1, 0.15) is 0 Å². The molecule has 5 heteroatoms. The van der Waals surface area contributed by atoms with Crippen molar-refractivity contribution in [2.75, 3.05) is 0 Å². The van der Waals surface area contributed by atoms with E-state index < -0.39 is 12.9 Å². The van der Waals surface area contributed by atoms with Gasteiger partial charge in [0.15, 0.2) is 0 Å². The van der Waals surface area contributed by atoms with E-state index in [0.717, 1.165) is 0 Å². The van der Waals surface area contributed by atoms with E-state index in [2.05, 4.69) is 4.98 Å². The topological polar surface area (TPSA) is 53.4 Å². The van der Waals surface area contributed by atoms with Gasteiger partial charge in [0.2, 0.25) is 0 Å². The van der Waals surface area contributed by atoms with E-state index in [0.29, 0.717) is 5.69 Å². The van der Waals surface area contributed by atoms with Crippen LogP contribution in [0.2, 0.25) is 0 Å². The smallest absolute Gasteiger partial charge is 0.423 e. The Morgan fingerprint density at radius 2 is 1.94 bits per heavy atom. The summed E-state index contributed by atoms with van der Waals surface area (Å²) in [7, 11) is -1.61. The summed E-state index contributed by atoms with van der Waals surface area (Å²) in [5.74, 6) is -0.442. The largest absolute Gasteiger partial charge is 0.488 e. The van der Waals surface area contributed by atoms with Gasteiger partial charge in [0.1, 0.15) is 5.82 Å². The molecule has 2 rings (SSSR count). The maximum absolute atomic E-state index is 13.5. The first-order chi connectivity index (χ1) is 7.68. The molecule has 0 radical (unpaired) electrons. The van der Waals surface area contributed by atoms with Crippen LogP contribution in [0.4, 0.5) is 4.39 Å². The molecule has 1 heterocycles. The van der Waals surface area contributed by atoms with Crippen LogP contribution >= 0.6 is 0 Å². The van der Waals surface area contributed by atoms with E-state index >= 15 is 0 Å². The Morgan fingerprint density at radius 1 is 1.12 bits per heavy atom. The van der Waals surface area contributed by atoms with Crippen molar-refractivity contribution in [2.24, 2.45) is 0 Å². The van der Waals surface area contributed by atoms with E-state index in [1.807, 2.05) is 0 Å². The third-order valence-corrected chi connectivity index (χ3v) is 2.23. The highest BCUT2D eigenvalue weighted by Gasteiger charge is 2.14. The number of aromatic nitrogens is 1. The van der Waals surface area contributed by atoms with E-state index in [1.165, 1.54) is 18.2 Å². The minimum Gasteiger partial charge on any atom is -0.423 e. The van der Waals surface area contributed by atoms with E-state index in [9.17, 15) is 4.39 Å². The molecule has 1 aromatic heterocycles. The highest BCUT2D eigenvalue weighted by molar-refractivity contribution is 6.58. The average molecular weight is 217 g/mol. The Morgan fingerprint density at radius 3 is 2.56 bits per heavy atom. The molecule has 0 aliphatic rings. The van der Waals surface area contributed by atoms with Crippen LogP contribution in [-0.2, 0) is 0 Å². The SMILES string of the molecule is OB(O)c1ccc(F)c(-c2ccccn2)c1. The quantitative estimate of drug-likeness (QED) is 0.723. The number of rotatable bonds is 2. The second-order valence-electron chi connectivity index (χ2n) is 3.33. The first kappa shape index (κ1) is 10.8. The minimum atomic E-state index is -1.61. The zero-order chi connectivity index (χ0) is 11.5. The third kappa shape index (κ3) is 2.10. The molecule has 0 aliphatic carbocycles. The van der Waals surface area contributed by atoms with Crippen molar-refractivity contribution in [1.29, 1.82) is 0 Å². The summed E-state index contributed by atoms with van der Waals surface area (Å²) in [5.41, 5.74) is 0.954. The third-order valence-electron chi connectivity index (χ3n) is 2.23. The Balaban J connectivity index is 2.52. The molecule has 0 aliphatic heterocycles. The number of hydrogen-bond acceptors (Lipinski definition) is 3. The normalized spacial score (nSPS) is 10.2. The second kappa shape index (κ2) is 4.43. The number of halogens is 1. The lowest BCUT2D eigenvalue weighted by Crippen LogP contribution is -2.29. The van der Waals surface area contributed by atoms with E-state index in [4.69, 9.17) is 10.0 Å². The summed E-state index contributed by atoms with van der Waals surface area (Å²) >= 11 is 0. The molecule has 0 amide bonds. The van der Waals surface area contributed by atoms with Gasteiger partial charge in [-0.05, 0) is 23.7 Å². The molecule has 0 saturated carbocycles. The zero-order valence-electron chi connectivity index (χ0n) is 8.34. The van der Waals surface area contributed by atoms with Crippen LogP contribution in [0.15, 0.2) is 42.6 Å². The number of benzene rings is 1. The molecule has 0 spiro atoms.